The third kappa shape index (κ3) is 4.38. The zero-order valence-corrected chi connectivity index (χ0v) is 19.3. The highest BCUT2D eigenvalue weighted by atomic mass is 32.1. The van der Waals surface area contributed by atoms with E-state index in [1.54, 1.807) is 11.3 Å². The molecule has 1 aliphatic rings. The fraction of sp³-hybridized carbons (Fsp3) is 0.308. The number of aryl methyl sites for hydroxylation is 2. The molecule has 6 heteroatoms. The van der Waals surface area contributed by atoms with E-state index in [1.165, 1.54) is 22.6 Å². The van der Waals surface area contributed by atoms with E-state index in [0.29, 0.717) is 6.04 Å². The average molecular weight is 447 g/mol. The molecule has 0 saturated carbocycles. The average Bonchev–Trinajstić information content (AvgIpc) is 3.12. The molecule has 3 heterocycles. The number of aromatic nitrogens is 2. The molecule has 4 nitrogen and oxygen atoms in total. The Morgan fingerprint density at radius 1 is 1.00 bits per heavy atom. The van der Waals surface area contributed by atoms with Crippen molar-refractivity contribution in [1.82, 2.24) is 14.9 Å². The maximum absolute atomic E-state index is 13.5. The number of halogens is 1. The Hall–Kier alpha value is -2.83. The van der Waals surface area contributed by atoms with Crippen LogP contribution in [0.1, 0.15) is 29.1 Å². The third-order valence-corrected chi connectivity index (χ3v) is 7.15. The first-order valence-electron chi connectivity index (χ1n) is 11.1. The van der Waals surface area contributed by atoms with Crippen molar-refractivity contribution in [2.75, 3.05) is 18.4 Å². The Balaban J connectivity index is 1.38. The van der Waals surface area contributed by atoms with E-state index in [9.17, 15) is 4.39 Å². The Labute approximate surface area is 192 Å². The highest BCUT2D eigenvalue weighted by molar-refractivity contribution is 7.19. The molecule has 4 aromatic rings. The van der Waals surface area contributed by atoms with Gasteiger partial charge in [0.05, 0.1) is 5.39 Å². The third-order valence-electron chi connectivity index (χ3n) is 6.15. The van der Waals surface area contributed by atoms with E-state index in [-0.39, 0.29) is 5.82 Å². The summed E-state index contributed by atoms with van der Waals surface area (Å²) < 4.78 is 13.5. The standard InChI is InChI=1S/C26H27FN4S/c1-17-23(20-8-10-21(27)11-9-20)24-25(28-18(2)29-26(24)32-17)30-22-12-14-31(15-13-22)16-19-6-4-3-5-7-19/h3-11,22H,12-16H2,1-2H3,(H,28,29,30). The van der Waals surface area contributed by atoms with Crippen molar-refractivity contribution in [1.29, 1.82) is 0 Å². The van der Waals surface area contributed by atoms with Gasteiger partial charge in [-0.05, 0) is 49.9 Å². The molecule has 1 fully saturated rings. The van der Waals surface area contributed by atoms with Gasteiger partial charge in [0, 0.05) is 36.1 Å². The molecular weight excluding hydrogens is 419 g/mol. The van der Waals surface area contributed by atoms with Gasteiger partial charge >= 0.3 is 0 Å². The van der Waals surface area contributed by atoms with E-state index in [1.807, 2.05) is 19.1 Å². The van der Waals surface area contributed by atoms with Crippen LogP contribution in [0.3, 0.4) is 0 Å². The smallest absolute Gasteiger partial charge is 0.139 e. The van der Waals surface area contributed by atoms with Crippen LogP contribution in [0.25, 0.3) is 21.3 Å². The molecule has 1 saturated heterocycles. The molecule has 5 rings (SSSR count). The fourth-order valence-electron chi connectivity index (χ4n) is 4.56. The van der Waals surface area contributed by atoms with Crippen molar-refractivity contribution in [3.8, 4) is 11.1 Å². The van der Waals surface area contributed by atoms with Crippen LogP contribution in [0.15, 0.2) is 54.6 Å². The SMILES string of the molecule is Cc1nc(NC2CCN(Cc3ccccc3)CC2)c2c(-c3ccc(F)cc3)c(C)sc2n1. The van der Waals surface area contributed by atoms with Gasteiger partial charge < -0.3 is 5.32 Å². The Kier molecular flexibility index (Phi) is 5.89. The predicted octanol–water partition coefficient (Wildman–Crippen LogP) is 6.19. The van der Waals surface area contributed by atoms with Crippen molar-refractivity contribution >= 4 is 27.4 Å². The van der Waals surface area contributed by atoms with Crippen molar-refractivity contribution in [2.24, 2.45) is 0 Å². The van der Waals surface area contributed by atoms with E-state index in [4.69, 9.17) is 9.97 Å². The second-order valence-electron chi connectivity index (χ2n) is 8.52. The second-order valence-corrected chi connectivity index (χ2v) is 9.72. The van der Waals surface area contributed by atoms with Crippen LogP contribution >= 0.6 is 11.3 Å². The van der Waals surface area contributed by atoms with Gasteiger partial charge in [0.15, 0.2) is 0 Å². The van der Waals surface area contributed by atoms with Gasteiger partial charge in [-0.15, -0.1) is 11.3 Å². The van der Waals surface area contributed by atoms with Gasteiger partial charge in [0.25, 0.3) is 0 Å². The molecule has 164 valence electrons. The summed E-state index contributed by atoms with van der Waals surface area (Å²) in [7, 11) is 0. The summed E-state index contributed by atoms with van der Waals surface area (Å²) in [5, 5.41) is 4.79. The molecule has 1 aliphatic heterocycles. The van der Waals surface area contributed by atoms with Crippen LogP contribution in [0.4, 0.5) is 10.2 Å². The minimum absolute atomic E-state index is 0.223. The lowest BCUT2D eigenvalue weighted by Gasteiger charge is -2.32. The Morgan fingerprint density at radius 2 is 1.72 bits per heavy atom. The number of hydrogen-bond acceptors (Lipinski definition) is 5. The first-order chi connectivity index (χ1) is 15.6. The van der Waals surface area contributed by atoms with E-state index in [0.717, 1.165) is 65.5 Å². The predicted molar refractivity (Wildman–Crippen MR) is 131 cm³/mol. The van der Waals surface area contributed by atoms with E-state index in [2.05, 4.69) is 47.5 Å². The van der Waals surface area contributed by atoms with Crippen LogP contribution in [0, 0.1) is 19.7 Å². The number of benzene rings is 2. The number of hydrogen-bond donors (Lipinski definition) is 1. The van der Waals surface area contributed by atoms with Crippen molar-refractivity contribution in [3.63, 3.8) is 0 Å². The lowest BCUT2D eigenvalue weighted by atomic mass is 10.0. The molecule has 0 aliphatic carbocycles. The molecule has 1 N–H and O–H groups in total. The maximum atomic E-state index is 13.5. The molecule has 0 amide bonds. The topological polar surface area (TPSA) is 41.1 Å². The summed E-state index contributed by atoms with van der Waals surface area (Å²) in [5.41, 5.74) is 3.47. The van der Waals surface area contributed by atoms with Gasteiger partial charge in [0.2, 0.25) is 0 Å². The zero-order valence-electron chi connectivity index (χ0n) is 18.4. The van der Waals surface area contributed by atoms with Crippen LogP contribution in [0.5, 0.6) is 0 Å². The van der Waals surface area contributed by atoms with Crippen molar-refractivity contribution in [2.45, 2.75) is 39.3 Å². The normalized spacial score (nSPS) is 15.3. The minimum atomic E-state index is -0.223. The highest BCUT2D eigenvalue weighted by Crippen LogP contribution is 2.41. The monoisotopic (exact) mass is 446 g/mol. The van der Waals surface area contributed by atoms with Crippen molar-refractivity contribution < 1.29 is 4.39 Å². The lowest BCUT2D eigenvalue weighted by Crippen LogP contribution is -2.38. The zero-order chi connectivity index (χ0) is 22.1. The first kappa shape index (κ1) is 21.0. The summed E-state index contributed by atoms with van der Waals surface area (Å²) in [4.78, 5) is 14.2. The van der Waals surface area contributed by atoms with Crippen molar-refractivity contribution in [3.05, 3.63) is 76.7 Å². The fourth-order valence-corrected chi connectivity index (χ4v) is 5.65. The molecule has 0 bridgehead atoms. The summed E-state index contributed by atoms with van der Waals surface area (Å²) in [6.07, 6.45) is 2.15. The Morgan fingerprint density at radius 3 is 2.44 bits per heavy atom. The van der Waals surface area contributed by atoms with E-state index >= 15 is 0 Å². The molecule has 2 aromatic heterocycles. The number of thiophene rings is 1. The largest absolute Gasteiger partial charge is 0.367 e. The van der Waals surface area contributed by atoms with Crippen LogP contribution < -0.4 is 5.32 Å². The molecule has 2 aromatic carbocycles. The summed E-state index contributed by atoms with van der Waals surface area (Å²) in [6.45, 7) is 7.18. The molecule has 0 unspecified atom stereocenters. The maximum Gasteiger partial charge on any atom is 0.139 e. The number of fused-ring (bicyclic) bond motifs is 1. The molecule has 0 atom stereocenters. The number of nitrogens with one attached hydrogen (secondary N) is 1. The van der Waals surface area contributed by atoms with Gasteiger partial charge in [0.1, 0.15) is 22.3 Å². The van der Waals surface area contributed by atoms with Gasteiger partial charge in [-0.3, -0.25) is 4.90 Å². The van der Waals surface area contributed by atoms with Crippen LogP contribution in [-0.2, 0) is 6.54 Å². The number of nitrogens with zero attached hydrogens (tertiary/aromatic N) is 3. The van der Waals surface area contributed by atoms with Gasteiger partial charge in [-0.1, -0.05) is 42.5 Å². The summed E-state index contributed by atoms with van der Waals surface area (Å²) in [5.74, 6) is 1.45. The number of rotatable bonds is 5. The van der Waals surface area contributed by atoms with Crippen LogP contribution in [0.2, 0.25) is 0 Å². The summed E-state index contributed by atoms with van der Waals surface area (Å²) >= 11 is 1.68. The summed E-state index contributed by atoms with van der Waals surface area (Å²) in [6, 6.07) is 17.8. The molecule has 0 spiro atoms. The quantitative estimate of drug-likeness (QED) is 0.397. The first-order valence-corrected chi connectivity index (χ1v) is 11.9. The number of piperidine rings is 1. The van der Waals surface area contributed by atoms with E-state index < -0.39 is 0 Å². The molecule has 0 radical (unpaired) electrons. The molecule has 32 heavy (non-hydrogen) atoms. The number of likely N-dealkylation sites (tertiary alicyclic amines) is 1. The highest BCUT2D eigenvalue weighted by Gasteiger charge is 2.23. The Bertz CT molecular complexity index is 1210. The number of anilines is 1. The van der Waals surface area contributed by atoms with Gasteiger partial charge in [-0.2, -0.15) is 0 Å². The van der Waals surface area contributed by atoms with Crippen LogP contribution in [-0.4, -0.2) is 34.0 Å². The second kappa shape index (κ2) is 8.96. The minimum Gasteiger partial charge on any atom is -0.367 e. The lowest BCUT2D eigenvalue weighted by molar-refractivity contribution is 0.211. The van der Waals surface area contributed by atoms with Gasteiger partial charge in [-0.25, -0.2) is 14.4 Å². The molecular formula is C26H27FN4S.